The van der Waals surface area contributed by atoms with E-state index in [-0.39, 0.29) is 38.8 Å². The maximum atomic E-state index is 11.6. The van der Waals surface area contributed by atoms with E-state index in [1.807, 2.05) is 0 Å². The van der Waals surface area contributed by atoms with Crippen LogP contribution in [0.15, 0.2) is 0 Å². The molecule has 30 atom stereocenters. The number of carbonyl (C=O) groups is 6. The zero-order valence-electron chi connectivity index (χ0n) is 36.4. The zero-order chi connectivity index (χ0) is 53.6. The summed E-state index contributed by atoms with van der Waals surface area (Å²) in [7, 11) is 0. The first-order valence-corrected chi connectivity index (χ1v) is 21.0. The molecule has 0 spiro atoms. The zero-order valence-corrected chi connectivity index (χ0v) is 36.4. The summed E-state index contributed by atoms with van der Waals surface area (Å²) in [6, 6.07) is 0. The largest absolute Gasteiger partial charge is 0.435 e. The molecule has 6 aliphatic heterocycles. The molecule has 0 amide bonds. The summed E-state index contributed by atoms with van der Waals surface area (Å²) in [5.74, 6) is 0. The molecule has 73 heavy (non-hydrogen) atoms. The predicted molar refractivity (Wildman–Crippen MR) is 200 cm³/mol. The maximum absolute atomic E-state index is 11.6. The molecule has 6 heterocycles. The van der Waals surface area contributed by atoms with E-state index < -0.39 is 185 Å². The quantitative estimate of drug-likeness (QED) is 0.0354. The van der Waals surface area contributed by atoms with Crippen LogP contribution >= 0.6 is 0 Å². The van der Waals surface area contributed by atoms with Crippen molar-refractivity contribution in [2.24, 2.45) is 0 Å². The van der Waals surface area contributed by atoms with Gasteiger partial charge in [0.2, 0.25) is 37.7 Å². The van der Waals surface area contributed by atoms with Gasteiger partial charge in [0.1, 0.15) is 79.4 Å². The number of aliphatic hydroxyl groups excluding tert-OH is 14. The van der Waals surface area contributed by atoms with Gasteiger partial charge >= 0.3 is 0 Å². The van der Waals surface area contributed by atoms with Crippen LogP contribution in [0.4, 0.5) is 0 Å². The Morgan fingerprint density at radius 1 is 0.219 bits per heavy atom. The minimum absolute atomic E-state index is 0.191. The van der Waals surface area contributed by atoms with Crippen molar-refractivity contribution >= 4 is 38.8 Å². The molecular formula is C36H50O37. The lowest BCUT2D eigenvalue weighted by Gasteiger charge is -2.48. The fourth-order valence-corrected chi connectivity index (χ4v) is 7.91. The van der Waals surface area contributed by atoms with Crippen LogP contribution in [0.3, 0.4) is 0 Å². The first-order valence-electron chi connectivity index (χ1n) is 21.0. The second-order valence-corrected chi connectivity index (χ2v) is 16.0. The van der Waals surface area contributed by atoms with Crippen molar-refractivity contribution in [2.45, 2.75) is 185 Å². The van der Waals surface area contributed by atoms with E-state index in [1.54, 1.807) is 0 Å². The molecule has 37 nitrogen and oxygen atoms in total. The summed E-state index contributed by atoms with van der Waals surface area (Å²) in [5.41, 5.74) is 0. The van der Waals surface area contributed by atoms with E-state index in [9.17, 15) is 100 Å². The van der Waals surface area contributed by atoms with Crippen LogP contribution in [-0.2, 0) is 109 Å². The second-order valence-electron chi connectivity index (χ2n) is 16.0. The van der Waals surface area contributed by atoms with Crippen LogP contribution in [-0.4, -0.2) is 296 Å². The van der Waals surface area contributed by atoms with E-state index in [0.717, 1.165) is 0 Å². The van der Waals surface area contributed by atoms with Gasteiger partial charge in [-0.1, -0.05) is 0 Å². The average Bonchev–Trinajstić information content (AvgIpc) is 3.36. The molecule has 14 N–H and O–H groups in total. The summed E-state index contributed by atoms with van der Waals surface area (Å²) in [5, 5.41) is 150. The van der Waals surface area contributed by atoms with Gasteiger partial charge in [-0.15, -0.1) is 0 Å². The SMILES string of the molecule is O=COC1O[C@@H](O[C@@H]2C(OC=O)O[C@H](O[C@@H]3C(OC=O)O[C@H](O[C@@H]4C(OC=O)O[C@H](O[C@@H]5C(OC=O)O[C@@H](O[C@@H]6C(OC=O)O[C@@H](O)C(O)C6O)[C@H](O)C5O)[C@H](O)C4O)[C@H](O)C3O)[C@H](O)C2O)C(O)C(O)[C@@H]1O. The summed E-state index contributed by atoms with van der Waals surface area (Å²) >= 11 is 0. The van der Waals surface area contributed by atoms with Crippen molar-refractivity contribution in [3.05, 3.63) is 0 Å². The van der Waals surface area contributed by atoms with E-state index in [0.29, 0.717) is 0 Å². The van der Waals surface area contributed by atoms with E-state index in [4.69, 9.17) is 71.1 Å². The van der Waals surface area contributed by atoms with E-state index in [1.165, 1.54) is 0 Å². The third kappa shape index (κ3) is 12.4. The molecule has 0 aromatic carbocycles. The van der Waals surface area contributed by atoms with Crippen molar-refractivity contribution in [3.8, 4) is 0 Å². The van der Waals surface area contributed by atoms with Crippen molar-refractivity contribution in [1.82, 2.24) is 0 Å². The molecule has 0 aliphatic carbocycles. The van der Waals surface area contributed by atoms with Crippen molar-refractivity contribution < 1.29 is 181 Å². The van der Waals surface area contributed by atoms with Gasteiger partial charge in [-0.05, 0) is 0 Å². The van der Waals surface area contributed by atoms with Crippen LogP contribution in [0.1, 0.15) is 0 Å². The van der Waals surface area contributed by atoms with Crippen LogP contribution in [0.25, 0.3) is 0 Å². The highest BCUT2D eigenvalue weighted by Gasteiger charge is 2.59. The van der Waals surface area contributed by atoms with Gasteiger partial charge in [-0.3, -0.25) is 28.8 Å². The van der Waals surface area contributed by atoms with Gasteiger partial charge in [0.05, 0.1) is 0 Å². The molecule has 0 aromatic rings. The Morgan fingerprint density at radius 3 is 0.671 bits per heavy atom. The molecule has 14 unspecified atom stereocenters. The average molecular weight is 1070 g/mol. The first-order chi connectivity index (χ1) is 34.8. The number of ether oxygens (including phenoxy) is 17. The molecule has 0 saturated carbocycles. The topological polar surface area (TPSA) is 543 Å². The Balaban J connectivity index is 1.12. The molecular weight excluding hydrogens is 1020 g/mol. The van der Waals surface area contributed by atoms with Crippen molar-refractivity contribution in [2.75, 3.05) is 0 Å². The Bertz CT molecular complexity index is 1800. The second kappa shape index (κ2) is 25.6. The highest BCUT2D eigenvalue weighted by molar-refractivity contribution is 5.39. The van der Waals surface area contributed by atoms with Gasteiger partial charge < -0.3 is 152 Å². The Morgan fingerprint density at radius 2 is 0.411 bits per heavy atom. The van der Waals surface area contributed by atoms with Gasteiger partial charge in [-0.25, -0.2) is 0 Å². The summed E-state index contributed by atoms with van der Waals surface area (Å²) in [4.78, 5) is 68.0. The Labute approximate surface area is 404 Å². The molecule has 0 aromatic heterocycles. The standard InChI is InChI=1S/C36H50O37/c37-1-57-26-14(50)7(43)15(51)27(69-26)64-21-9(45)17(53)29(71-33(21)59-3-39)66-23-11(47)19(55)31(73-35(23)61-5-41)67-24-12(48)18(54)30(72-36(24)62-6-42)65-22-10(46)16(52)28(70-34(22)60-4-40)63-20-8(44)13(49)25(56)68-32(20)58-2-38/h1-36,43-56H/t7?,8?,9?,10?,11?,12?,13?,14-,15?,16+,17+,18+,19+,20-,21-,22-,23-,24-,25+,26?,27+,28+,29-,30-,31-,32?,33?,34?,35?,36?/m0/s1. The van der Waals surface area contributed by atoms with Crippen LogP contribution in [0, 0.1) is 0 Å². The molecule has 37 heteroatoms. The highest BCUT2D eigenvalue weighted by Crippen LogP contribution is 2.37. The molecule has 6 saturated heterocycles. The summed E-state index contributed by atoms with van der Waals surface area (Å²) in [6.45, 7) is -1.49. The third-order valence-electron chi connectivity index (χ3n) is 11.6. The summed E-state index contributed by atoms with van der Waals surface area (Å²) in [6.07, 6.45) is -65.9. The first kappa shape index (κ1) is 58.1. The van der Waals surface area contributed by atoms with Crippen LogP contribution < -0.4 is 0 Å². The monoisotopic (exact) mass is 1070 g/mol. The fourth-order valence-electron chi connectivity index (χ4n) is 7.91. The van der Waals surface area contributed by atoms with Gasteiger partial charge in [-0.2, -0.15) is 0 Å². The lowest BCUT2D eigenvalue weighted by atomic mass is 9.99. The molecule has 6 aliphatic rings. The highest BCUT2D eigenvalue weighted by atomic mass is 16.9. The number of carbonyl (C=O) groups excluding carboxylic acids is 6. The molecule has 416 valence electrons. The van der Waals surface area contributed by atoms with Gasteiger partial charge in [0.15, 0.2) is 68.3 Å². The number of aliphatic hydroxyl groups is 14. The summed E-state index contributed by atoms with van der Waals surface area (Å²) < 4.78 is 87.1. The molecule has 0 bridgehead atoms. The van der Waals surface area contributed by atoms with Crippen LogP contribution in [0.5, 0.6) is 0 Å². The van der Waals surface area contributed by atoms with Gasteiger partial charge in [0.25, 0.3) is 38.8 Å². The fraction of sp³-hybridized carbons (Fsp3) is 0.833. The Kier molecular flexibility index (Phi) is 20.3. The molecule has 0 radical (unpaired) electrons. The number of hydrogen-bond donors (Lipinski definition) is 14. The maximum Gasteiger partial charge on any atom is 0.295 e. The molecule has 6 fully saturated rings. The minimum atomic E-state index is -2.41. The van der Waals surface area contributed by atoms with Crippen molar-refractivity contribution in [1.29, 1.82) is 0 Å². The predicted octanol–water partition coefficient (Wildman–Crippen LogP) is -13.3. The normalized spacial score (nSPS) is 49.2. The van der Waals surface area contributed by atoms with Crippen LogP contribution in [0.2, 0.25) is 0 Å². The van der Waals surface area contributed by atoms with Crippen molar-refractivity contribution in [3.63, 3.8) is 0 Å². The Hall–Kier alpha value is -4.18. The van der Waals surface area contributed by atoms with E-state index >= 15 is 0 Å². The lowest BCUT2D eigenvalue weighted by molar-refractivity contribution is -0.429. The smallest absolute Gasteiger partial charge is 0.295 e. The van der Waals surface area contributed by atoms with E-state index in [2.05, 4.69) is 9.47 Å². The minimum Gasteiger partial charge on any atom is -0.435 e. The van der Waals surface area contributed by atoms with Gasteiger partial charge in [0, 0.05) is 0 Å². The third-order valence-corrected chi connectivity index (χ3v) is 11.6. The molecule has 6 rings (SSSR count). The number of hydrogen-bond acceptors (Lipinski definition) is 37. The lowest BCUT2D eigenvalue weighted by Crippen LogP contribution is -2.68. The number of rotatable bonds is 22.